The normalized spacial score (nSPS) is 12.5. The number of hydrogen-bond donors (Lipinski definition) is 1. The summed E-state index contributed by atoms with van der Waals surface area (Å²) in [6, 6.07) is 11.7. The Kier molecular flexibility index (Phi) is 11.4. The maximum Gasteiger partial charge on any atom is 0.417 e. The van der Waals surface area contributed by atoms with Gasteiger partial charge in [-0.25, -0.2) is 8.42 Å². The number of amides is 2. The fourth-order valence-corrected chi connectivity index (χ4v) is 6.46. The lowest BCUT2D eigenvalue weighted by atomic mass is 10.1. The minimum absolute atomic E-state index is 0.128. The van der Waals surface area contributed by atoms with Crippen molar-refractivity contribution in [1.82, 2.24) is 10.2 Å². The third kappa shape index (κ3) is 8.14. The zero-order chi connectivity index (χ0) is 32.1. The first kappa shape index (κ1) is 34.5. The van der Waals surface area contributed by atoms with Crippen LogP contribution in [-0.4, -0.2) is 44.3 Å². The Bertz CT molecular complexity index is 1570. The Morgan fingerprint density at radius 1 is 0.930 bits per heavy atom. The molecule has 0 fully saturated rings. The molecule has 0 bridgehead atoms. The predicted octanol–water partition coefficient (Wildman–Crippen LogP) is 7.11. The zero-order valence-electron chi connectivity index (χ0n) is 23.4. The number of nitrogens with zero attached hydrogens (tertiary/aromatic N) is 2. The van der Waals surface area contributed by atoms with Crippen molar-refractivity contribution in [3.8, 4) is 0 Å². The summed E-state index contributed by atoms with van der Waals surface area (Å²) in [5, 5.41) is 2.41. The van der Waals surface area contributed by atoms with E-state index in [4.69, 9.17) is 34.8 Å². The van der Waals surface area contributed by atoms with Crippen LogP contribution in [0.2, 0.25) is 15.1 Å². The molecule has 3 aromatic carbocycles. The first-order valence-corrected chi connectivity index (χ1v) is 15.6. The lowest BCUT2D eigenvalue weighted by Gasteiger charge is -2.33. The molecule has 0 saturated heterocycles. The first-order chi connectivity index (χ1) is 20.1. The van der Waals surface area contributed by atoms with Crippen LogP contribution in [0.4, 0.5) is 18.9 Å². The number of rotatable bonds is 11. The van der Waals surface area contributed by atoms with Crippen molar-refractivity contribution in [1.29, 1.82) is 0 Å². The van der Waals surface area contributed by atoms with Crippen molar-refractivity contribution in [3.05, 3.63) is 92.4 Å². The van der Waals surface area contributed by atoms with Gasteiger partial charge in [0.25, 0.3) is 10.0 Å². The number of hydrogen-bond acceptors (Lipinski definition) is 4. The molecule has 2 amide bonds. The quantitative estimate of drug-likeness (QED) is 0.234. The van der Waals surface area contributed by atoms with Gasteiger partial charge in [-0.05, 0) is 62.7 Å². The third-order valence-electron chi connectivity index (χ3n) is 6.56. The van der Waals surface area contributed by atoms with Crippen LogP contribution in [0.3, 0.4) is 0 Å². The van der Waals surface area contributed by atoms with E-state index in [1.165, 1.54) is 24.3 Å². The predicted molar refractivity (Wildman–Crippen MR) is 162 cm³/mol. The zero-order valence-corrected chi connectivity index (χ0v) is 26.5. The van der Waals surface area contributed by atoms with Gasteiger partial charge < -0.3 is 10.2 Å². The van der Waals surface area contributed by atoms with E-state index >= 15 is 0 Å². The average molecular weight is 679 g/mol. The second-order valence-electron chi connectivity index (χ2n) is 9.53. The van der Waals surface area contributed by atoms with Crippen LogP contribution >= 0.6 is 34.8 Å². The summed E-state index contributed by atoms with van der Waals surface area (Å²) >= 11 is 18.5. The number of halogens is 6. The molecule has 0 heterocycles. The van der Waals surface area contributed by atoms with Gasteiger partial charge in [0.2, 0.25) is 11.8 Å². The number of benzene rings is 3. The molecule has 3 rings (SSSR count). The summed E-state index contributed by atoms with van der Waals surface area (Å²) in [5.74, 6) is -1.39. The minimum atomic E-state index is -4.91. The molecule has 14 heteroatoms. The lowest BCUT2D eigenvalue weighted by molar-refractivity contribution is -0.140. The van der Waals surface area contributed by atoms with E-state index in [0.29, 0.717) is 15.9 Å². The van der Waals surface area contributed by atoms with Gasteiger partial charge in [0.1, 0.15) is 12.6 Å². The highest BCUT2D eigenvalue weighted by Gasteiger charge is 2.37. The Hall–Kier alpha value is -2.99. The highest BCUT2D eigenvalue weighted by atomic mass is 35.5. The molecule has 0 aliphatic heterocycles. The summed E-state index contributed by atoms with van der Waals surface area (Å²) in [6.07, 6.45) is -4.78. The molecular formula is C29H29Cl3F3N3O4S. The van der Waals surface area contributed by atoms with Crippen LogP contribution in [-0.2, 0) is 32.3 Å². The van der Waals surface area contributed by atoms with Crippen LogP contribution in [0.15, 0.2) is 65.6 Å². The standard InChI is InChI=1S/C29H29Cl3F3N3O4S/c1-4-26(28(40)36-5-2)37(16-21-23(30)7-6-8-24(21)31)27(39)17-38(43(41,42)20-12-9-18(3)10-13-20)19-11-14-25(32)22(15-19)29(33,34)35/h6-15,26H,4-5,16-17H2,1-3H3,(H,36,40)/t26-/m1/s1. The van der Waals surface area contributed by atoms with Gasteiger partial charge in [-0.2, -0.15) is 13.2 Å². The molecule has 1 N–H and O–H groups in total. The van der Waals surface area contributed by atoms with Crippen molar-refractivity contribution in [2.45, 2.75) is 50.9 Å². The maximum absolute atomic E-state index is 14.0. The van der Waals surface area contributed by atoms with E-state index in [-0.39, 0.29) is 34.5 Å². The molecule has 232 valence electrons. The van der Waals surface area contributed by atoms with Crippen molar-refractivity contribution in [3.63, 3.8) is 0 Å². The SMILES string of the molecule is CCNC(=O)[C@@H](CC)N(Cc1c(Cl)cccc1Cl)C(=O)CN(c1ccc(Cl)c(C(F)(F)F)c1)S(=O)(=O)c1ccc(C)cc1. The highest BCUT2D eigenvalue weighted by molar-refractivity contribution is 7.92. The van der Waals surface area contributed by atoms with Gasteiger partial charge in [0.05, 0.1) is 21.2 Å². The largest absolute Gasteiger partial charge is 0.417 e. The lowest BCUT2D eigenvalue weighted by Crippen LogP contribution is -2.52. The third-order valence-corrected chi connectivity index (χ3v) is 9.38. The van der Waals surface area contributed by atoms with E-state index in [2.05, 4.69) is 5.32 Å². The number of nitrogens with one attached hydrogen (secondary N) is 1. The molecule has 0 spiro atoms. The number of aryl methyl sites for hydroxylation is 1. The van der Waals surface area contributed by atoms with Crippen LogP contribution in [0.1, 0.15) is 37.0 Å². The van der Waals surface area contributed by atoms with E-state index in [9.17, 15) is 31.2 Å². The molecule has 0 aliphatic carbocycles. The summed E-state index contributed by atoms with van der Waals surface area (Å²) in [6.45, 7) is 4.10. The van der Waals surface area contributed by atoms with Gasteiger partial charge in [-0.1, -0.05) is 65.5 Å². The molecule has 0 radical (unpaired) electrons. The molecular weight excluding hydrogens is 650 g/mol. The molecule has 7 nitrogen and oxygen atoms in total. The van der Waals surface area contributed by atoms with Crippen LogP contribution in [0, 0.1) is 6.92 Å². The van der Waals surface area contributed by atoms with E-state index in [0.717, 1.165) is 22.6 Å². The smallest absolute Gasteiger partial charge is 0.355 e. The highest BCUT2D eigenvalue weighted by Crippen LogP contribution is 2.38. The van der Waals surface area contributed by atoms with Gasteiger partial charge in [-0.3, -0.25) is 13.9 Å². The minimum Gasteiger partial charge on any atom is -0.355 e. The monoisotopic (exact) mass is 677 g/mol. The fraction of sp³-hybridized carbons (Fsp3) is 0.310. The second-order valence-corrected chi connectivity index (χ2v) is 12.6. The molecule has 0 saturated carbocycles. The van der Waals surface area contributed by atoms with Crippen LogP contribution in [0.25, 0.3) is 0 Å². The second kappa shape index (κ2) is 14.2. The van der Waals surface area contributed by atoms with E-state index < -0.39 is 56.9 Å². The first-order valence-electron chi connectivity index (χ1n) is 13.1. The Balaban J connectivity index is 2.19. The summed E-state index contributed by atoms with van der Waals surface area (Å²) in [5.41, 5.74) is -0.687. The molecule has 0 aliphatic rings. The molecule has 0 aromatic heterocycles. The number of alkyl halides is 3. The number of likely N-dealkylation sites (N-methyl/N-ethyl adjacent to an activating group) is 1. The molecule has 1 atom stereocenters. The van der Waals surface area contributed by atoms with Crippen molar-refractivity contribution >= 4 is 62.3 Å². The number of carbonyl (C=O) groups is 2. The van der Waals surface area contributed by atoms with Gasteiger partial charge in [0.15, 0.2) is 0 Å². The fourth-order valence-electron chi connectivity index (χ4n) is 4.32. The summed E-state index contributed by atoms with van der Waals surface area (Å²) < 4.78 is 69.7. The summed E-state index contributed by atoms with van der Waals surface area (Å²) in [7, 11) is -4.60. The van der Waals surface area contributed by atoms with E-state index in [1.807, 2.05) is 0 Å². The van der Waals surface area contributed by atoms with E-state index in [1.54, 1.807) is 39.0 Å². The summed E-state index contributed by atoms with van der Waals surface area (Å²) in [4.78, 5) is 27.9. The van der Waals surface area contributed by atoms with Gasteiger partial charge >= 0.3 is 6.18 Å². The number of anilines is 1. The van der Waals surface area contributed by atoms with Crippen molar-refractivity contribution in [2.24, 2.45) is 0 Å². The van der Waals surface area contributed by atoms with Crippen LogP contribution in [0.5, 0.6) is 0 Å². The number of carbonyl (C=O) groups excluding carboxylic acids is 2. The Morgan fingerprint density at radius 2 is 1.53 bits per heavy atom. The maximum atomic E-state index is 14.0. The Morgan fingerprint density at radius 3 is 2.07 bits per heavy atom. The Labute approximate surface area is 263 Å². The van der Waals surface area contributed by atoms with Crippen molar-refractivity contribution in [2.75, 3.05) is 17.4 Å². The average Bonchev–Trinajstić information content (AvgIpc) is 2.93. The molecule has 3 aromatic rings. The van der Waals surface area contributed by atoms with Gasteiger partial charge in [0, 0.05) is 28.7 Å². The molecule has 0 unspecified atom stereocenters. The van der Waals surface area contributed by atoms with Crippen molar-refractivity contribution < 1.29 is 31.2 Å². The topological polar surface area (TPSA) is 86.8 Å². The van der Waals surface area contributed by atoms with Crippen LogP contribution < -0.4 is 9.62 Å². The van der Waals surface area contributed by atoms with Gasteiger partial charge in [-0.15, -0.1) is 0 Å². The molecule has 43 heavy (non-hydrogen) atoms. The number of sulfonamides is 1.